The molecule has 1 rings (SSSR count). The molecule has 72 valence electrons. The van der Waals surface area contributed by atoms with Crippen molar-refractivity contribution >= 4 is 5.97 Å². The molecule has 0 aliphatic heterocycles. The van der Waals surface area contributed by atoms with Gasteiger partial charge in [-0.1, -0.05) is 5.21 Å². The molecular weight excluding hydrogens is 172 g/mol. The van der Waals surface area contributed by atoms with E-state index < -0.39 is 6.04 Å². The number of hydrogen-bond acceptors (Lipinski definition) is 5. The number of ether oxygens (including phenoxy) is 1. The highest BCUT2D eigenvalue weighted by atomic mass is 16.5. The minimum Gasteiger partial charge on any atom is -0.469 e. The Bertz CT molecular complexity index is 296. The summed E-state index contributed by atoms with van der Waals surface area (Å²) < 4.78 is 6.01. The maximum Gasteiger partial charge on any atom is 0.307 e. The first-order valence-electron chi connectivity index (χ1n) is 3.82. The third kappa shape index (κ3) is 2.51. The van der Waals surface area contributed by atoms with Crippen molar-refractivity contribution in [2.45, 2.75) is 12.5 Å². The van der Waals surface area contributed by atoms with Crippen molar-refractivity contribution in [1.29, 1.82) is 0 Å². The topological polar surface area (TPSA) is 83.0 Å². The third-order valence-corrected chi connectivity index (χ3v) is 1.61. The van der Waals surface area contributed by atoms with Crippen LogP contribution in [0.2, 0.25) is 0 Å². The van der Waals surface area contributed by atoms with Crippen LogP contribution in [0.1, 0.15) is 18.2 Å². The molecule has 1 atom stereocenters. The minimum absolute atomic E-state index is 0.120. The first-order valence-corrected chi connectivity index (χ1v) is 3.82. The van der Waals surface area contributed by atoms with Crippen molar-refractivity contribution in [2.75, 3.05) is 7.11 Å². The van der Waals surface area contributed by atoms with E-state index in [0.717, 1.165) is 0 Å². The van der Waals surface area contributed by atoms with Crippen LogP contribution < -0.4 is 5.73 Å². The van der Waals surface area contributed by atoms with Crippen LogP contribution in [-0.4, -0.2) is 28.1 Å². The molecule has 0 aliphatic rings. The van der Waals surface area contributed by atoms with Crippen molar-refractivity contribution in [1.82, 2.24) is 15.0 Å². The highest BCUT2D eigenvalue weighted by Gasteiger charge is 2.14. The van der Waals surface area contributed by atoms with Gasteiger partial charge in [0.2, 0.25) is 0 Å². The smallest absolute Gasteiger partial charge is 0.307 e. The fraction of sp³-hybridized carbons (Fsp3) is 0.571. The molecule has 0 fully saturated rings. The summed E-state index contributed by atoms with van der Waals surface area (Å²) in [7, 11) is 3.06. The number of aryl methyl sites for hydroxylation is 1. The molecule has 0 aliphatic carbocycles. The lowest BCUT2D eigenvalue weighted by molar-refractivity contribution is -0.141. The lowest BCUT2D eigenvalue weighted by atomic mass is 10.2. The van der Waals surface area contributed by atoms with Crippen molar-refractivity contribution < 1.29 is 9.53 Å². The maximum absolute atomic E-state index is 10.8. The minimum atomic E-state index is -0.443. The Hall–Kier alpha value is -1.43. The maximum atomic E-state index is 10.8. The molecule has 0 saturated heterocycles. The molecule has 1 unspecified atom stereocenters. The second kappa shape index (κ2) is 3.99. The molecule has 1 aromatic rings. The molecular formula is C7H12N4O2. The van der Waals surface area contributed by atoms with Crippen LogP contribution in [0.5, 0.6) is 0 Å². The van der Waals surface area contributed by atoms with E-state index in [1.54, 1.807) is 13.2 Å². The quantitative estimate of drug-likeness (QED) is 0.633. The summed E-state index contributed by atoms with van der Waals surface area (Å²) >= 11 is 0. The molecule has 0 spiro atoms. The summed E-state index contributed by atoms with van der Waals surface area (Å²) in [6.07, 6.45) is 1.79. The van der Waals surface area contributed by atoms with Crippen LogP contribution >= 0.6 is 0 Å². The molecule has 0 radical (unpaired) electrons. The number of nitrogens with zero attached hydrogens (tertiary/aromatic N) is 3. The molecule has 1 aromatic heterocycles. The zero-order chi connectivity index (χ0) is 9.84. The number of rotatable bonds is 3. The molecule has 0 bridgehead atoms. The van der Waals surface area contributed by atoms with Gasteiger partial charge in [0.15, 0.2) is 0 Å². The summed E-state index contributed by atoms with van der Waals surface area (Å²) in [5.41, 5.74) is 6.26. The Balaban J connectivity index is 2.58. The van der Waals surface area contributed by atoms with Gasteiger partial charge in [-0.25, -0.2) is 0 Å². The van der Waals surface area contributed by atoms with Gasteiger partial charge >= 0.3 is 5.97 Å². The summed E-state index contributed by atoms with van der Waals surface area (Å²) in [5.74, 6) is -0.349. The average molecular weight is 184 g/mol. The lowest BCUT2D eigenvalue weighted by Crippen LogP contribution is -2.16. The van der Waals surface area contributed by atoms with Gasteiger partial charge < -0.3 is 10.5 Å². The Morgan fingerprint density at radius 3 is 3.00 bits per heavy atom. The van der Waals surface area contributed by atoms with Crippen LogP contribution in [0, 0.1) is 0 Å². The van der Waals surface area contributed by atoms with Gasteiger partial charge in [-0.15, -0.1) is 5.10 Å². The normalized spacial score (nSPS) is 12.5. The lowest BCUT2D eigenvalue weighted by Gasteiger charge is -2.04. The molecule has 0 saturated carbocycles. The van der Waals surface area contributed by atoms with Crippen LogP contribution in [0.25, 0.3) is 0 Å². The van der Waals surface area contributed by atoms with E-state index in [1.165, 1.54) is 11.8 Å². The van der Waals surface area contributed by atoms with Gasteiger partial charge in [0.1, 0.15) is 0 Å². The van der Waals surface area contributed by atoms with Gasteiger partial charge in [-0.05, 0) is 0 Å². The van der Waals surface area contributed by atoms with Crippen molar-refractivity contribution in [3.05, 3.63) is 11.9 Å². The number of nitrogens with two attached hydrogens (primary N) is 1. The predicted octanol–water partition coefficient (Wildman–Crippen LogP) is -0.622. The summed E-state index contributed by atoms with van der Waals surface area (Å²) in [5, 5.41) is 7.49. The SMILES string of the molecule is COC(=O)CC(N)c1cn(C)nn1. The van der Waals surface area contributed by atoms with E-state index in [-0.39, 0.29) is 12.4 Å². The first kappa shape index (κ1) is 9.66. The zero-order valence-electron chi connectivity index (χ0n) is 7.60. The van der Waals surface area contributed by atoms with Crippen LogP contribution in [0.4, 0.5) is 0 Å². The van der Waals surface area contributed by atoms with Gasteiger partial charge in [-0.2, -0.15) is 0 Å². The number of hydrogen-bond donors (Lipinski definition) is 1. The molecule has 2 N–H and O–H groups in total. The van der Waals surface area contributed by atoms with Crippen LogP contribution in [-0.2, 0) is 16.6 Å². The Labute approximate surface area is 75.7 Å². The van der Waals surface area contributed by atoms with Gasteiger partial charge in [0.25, 0.3) is 0 Å². The van der Waals surface area contributed by atoms with Crippen LogP contribution in [0.3, 0.4) is 0 Å². The zero-order valence-corrected chi connectivity index (χ0v) is 7.60. The van der Waals surface area contributed by atoms with Gasteiger partial charge in [0, 0.05) is 13.2 Å². The highest BCUT2D eigenvalue weighted by molar-refractivity contribution is 5.70. The molecule has 13 heavy (non-hydrogen) atoms. The van der Waals surface area contributed by atoms with Crippen molar-refractivity contribution in [3.8, 4) is 0 Å². The van der Waals surface area contributed by atoms with Gasteiger partial charge in [0.05, 0.1) is 25.3 Å². The number of carbonyl (C=O) groups excluding carboxylic acids is 1. The number of aromatic nitrogens is 3. The standard InChI is InChI=1S/C7H12N4O2/c1-11-4-6(9-10-11)5(8)3-7(12)13-2/h4-5H,3,8H2,1-2H3. The second-order valence-electron chi connectivity index (χ2n) is 2.70. The van der Waals surface area contributed by atoms with E-state index in [1.807, 2.05) is 0 Å². The monoisotopic (exact) mass is 184 g/mol. The fourth-order valence-corrected chi connectivity index (χ4v) is 0.903. The highest BCUT2D eigenvalue weighted by Crippen LogP contribution is 2.09. The van der Waals surface area contributed by atoms with Crippen molar-refractivity contribution in [3.63, 3.8) is 0 Å². The molecule has 6 heteroatoms. The Morgan fingerprint density at radius 2 is 2.54 bits per heavy atom. The summed E-state index contributed by atoms with van der Waals surface area (Å²) in [6.45, 7) is 0. The van der Waals surface area contributed by atoms with E-state index >= 15 is 0 Å². The van der Waals surface area contributed by atoms with Crippen LogP contribution in [0.15, 0.2) is 6.20 Å². The second-order valence-corrected chi connectivity index (χ2v) is 2.70. The van der Waals surface area contributed by atoms with E-state index in [2.05, 4.69) is 15.0 Å². The largest absolute Gasteiger partial charge is 0.469 e. The summed E-state index contributed by atoms with van der Waals surface area (Å²) in [6, 6.07) is -0.443. The van der Waals surface area contributed by atoms with E-state index in [9.17, 15) is 4.79 Å². The van der Waals surface area contributed by atoms with Gasteiger partial charge in [-0.3, -0.25) is 9.48 Å². The van der Waals surface area contributed by atoms with E-state index in [0.29, 0.717) is 5.69 Å². The predicted molar refractivity (Wildman–Crippen MR) is 44.6 cm³/mol. The number of methoxy groups -OCH3 is 1. The number of esters is 1. The Morgan fingerprint density at radius 1 is 1.85 bits per heavy atom. The number of carbonyl (C=O) groups is 1. The van der Waals surface area contributed by atoms with Crippen molar-refractivity contribution in [2.24, 2.45) is 12.8 Å². The third-order valence-electron chi connectivity index (χ3n) is 1.61. The Kier molecular flexibility index (Phi) is 2.97. The first-order chi connectivity index (χ1) is 6.13. The molecule has 0 aromatic carbocycles. The fourth-order valence-electron chi connectivity index (χ4n) is 0.903. The van der Waals surface area contributed by atoms with E-state index in [4.69, 9.17) is 5.73 Å². The average Bonchev–Trinajstić information content (AvgIpc) is 2.51. The summed E-state index contributed by atoms with van der Waals surface area (Å²) in [4.78, 5) is 10.8. The molecule has 6 nitrogen and oxygen atoms in total. The molecule has 1 heterocycles. The molecule has 0 amide bonds.